The van der Waals surface area contributed by atoms with E-state index in [2.05, 4.69) is 0 Å². The smallest absolute Gasteiger partial charge is 0.200 e. The Morgan fingerprint density at radius 1 is 0.913 bits per heavy atom. The van der Waals surface area contributed by atoms with Gasteiger partial charge >= 0.3 is 0 Å². The molecule has 3 rings (SSSR count). The molecule has 1 atom stereocenters. The molecule has 0 saturated carbocycles. The maximum absolute atomic E-state index is 12.0. The van der Waals surface area contributed by atoms with E-state index < -0.39 is 13.7 Å². The molecule has 0 saturated heterocycles. The Hall–Kier alpha value is -1.97. The molecule has 0 fully saturated rings. The van der Waals surface area contributed by atoms with Gasteiger partial charge in [-0.2, -0.15) is 0 Å². The van der Waals surface area contributed by atoms with Crippen LogP contribution in [-0.2, 0) is 4.57 Å². The summed E-state index contributed by atoms with van der Waals surface area (Å²) < 4.78 is 18.1. The van der Waals surface area contributed by atoms with Gasteiger partial charge in [0.2, 0.25) is 8.03 Å². The summed E-state index contributed by atoms with van der Waals surface area (Å²) in [6, 6.07) is 11.5. The normalized spacial score (nSPS) is 14.5. The minimum Gasteiger partial charge on any atom is -0.457 e. The third kappa shape index (κ3) is 2.82. The van der Waals surface area contributed by atoms with E-state index in [9.17, 15) is 9.46 Å². The van der Waals surface area contributed by atoms with Crippen molar-refractivity contribution in [3.8, 4) is 11.5 Å². The molecule has 0 aliphatic carbocycles. The summed E-state index contributed by atoms with van der Waals surface area (Å²) in [4.78, 5) is 13.9. The largest absolute Gasteiger partial charge is 0.457 e. The number of ether oxygens (including phenoxy) is 1. The van der Waals surface area contributed by atoms with Gasteiger partial charge in [-0.15, -0.1) is 0 Å². The summed E-state index contributed by atoms with van der Waals surface area (Å²) in [6.07, 6.45) is 0. The second kappa shape index (κ2) is 5.91. The molecule has 1 aliphatic rings. The minimum atomic E-state index is -2.78. The number of nitrogens with zero attached hydrogens (tertiary/aromatic N) is 2. The van der Waals surface area contributed by atoms with Crippen LogP contribution in [0.4, 0.5) is 11.4 Å². The third-order valence-electron chi connectivity index (χ3n) is 4.12. The van der Waals surface area contributed by atoms with Crippen molar-refractivity contribution in [2.24, 2.45) is 0 Å². The quantitative estimate of drug-likeness (QED) is 0.872. The molecular weight excluding hydrogens is 311 g/mol. The van der Waals surface area contributed by atoms with Crippen molar-refractivity contribution in [2.45, 2.75) is 5.66 Å². The monoisotopic (exact) mass is 332 g/mol. The van der Waals surface area contributed by atoms with E-state index in [1.54, 1.807) is 0 Å². The molecule has 23 heavy (non-hydrogen) atoms. The van der Waals surface area contributed by atoms with Crippen LogP contribution in [0.5, 0.6) is 11.5 Å². The summed E-state index contributed by atoms with van der Waals surface area (Å²) in [6.45, 7) is 0. The maximum atomic E-state index is 12.0. The Morgan fingerprint density at radius 2 is 1.35 bits per heavy atom. The predicted molar refractivity (Wildman–Crippen MR) is 94.7 cm³/mol. The van der Waals surface area contributed by atoms with Gasteiger partial charge in [0.05, 0.1) is 5.66 Å². The van der Waals surface area contributed by atoms with Crippen LogP contribution in [0.1, 0.15) is 16.8 Å². The van der Waals surface area contributed by atoms with Gasteiger partial charge in [-0.1, -0.05) is 12.1 Å². The van der Waals surface area contributed by atoms with Crippen molar-refractivity contribution >= 4 is 19.4 Å². The molecule has 1 unspecified atom stereocenters. The summed E-state index contributed by atoms with van der Waals surface area (Å²) >= 11 is 0. The molecule has 6 heteroatoms. The van der Waals surface area contributed by atoms with Crippen molar-refractivity contribution in [2.75, 3.05) is 38.0 Å². The highest BCUT2D eigenvalue weighted by molar-refractivity contribution is 7.38. The molecule has 5 nitrogen and oxygen atoms in total. The van der Waals surface area contributed by atoms with Crippen LogP contribution in [0, 0.1) is 0 Å². The molecule has 0 radical (unpaired) electrons. The molecule has 0 amide bonds. The van der Waals surface area contributed by atoms with Gasteiger partial charge in [-0.05, 0) is 12.1 Å². The molecular formula is C17H21N2O3P. The fourth-order valence-corrected chi connectivity index (χ4v) is 3.82. The topological polar surface area (TPSA) is 53.0 Å². The van der Waals surface area contributed by atoms with E-state index >= 15 is 0 Å². The SMILES string of the molecule is CN(C)c1ccc2c(c1)Oc1cc(N(C)C)ccc1C2[PH](=O)O. The lowest BCUT2D eigenvalue weighted by Gasteiger charge is -2.28. The Morgan fingerprint density at radius 3 is 1.70 bits per heavy atom. The summed E-state index contributed by atoms with van der Waals surface area (Å²) in [5, 5.41) is 0. The van der Waals surface area contributed by atoms with Crippen molar-refractivity contribution in [3.63, 3.8) is 0 Å². The fraction of sp³-hybridized carbons (Fsp3) is 0.294. The first kappa shape index (κ1) is 15.9. The first-order valence-electron chi connectivity index (χ1n) is 7.41. The number of hydrogen-bond donors (Lipinski definition) is 1. The molecule has 0 aromatic heterocycles. The number of hydrogen-bond acceptors (Lipinski definition) is 4. The second-order valence-electron chi connectivity index (χ2n) is 6.11. The van der Waals surface area contributed by atoms with E-state index in [4.69, 9.17) is 4.74 Å². The number of fused-ring (bicyclic) bond motifs is 2. The Bertz CT molecular complexity index is 717. The van der Waals surface area contributed by atoms with Crippen LogP contribution >= 0.6 is 8.03 Å². The summed E-state index contributed by atoms with van der Waals surface area (Å²) in [5.74, 6) is 1.30. The second-order valence-corrected chi connectivity index (χ2v) is 7.36. The molecule has 1 aliphatic heterocycles. The fourth-order valence-electron chi connectivity index (χ4n) is 2.81. The average molecular weight is 332 g/mol. The number of rotatable bonds is 3. The van der Waals surface area contributed by atoms with Gasteiger partial charge in [-0.3, -0.25) is 4.57 Å². The van der Waals surface area contributed by atoms with Crippen LogP contribution in [0.15, 0.2) is 36.4 Å². The van der Waals surface area contributed by atoms with E-state index in [1.807, 2.05) is 74.4 Å². The third-order valence-corrected chi connectivity index (χ3v) is 5.23. The molecule has 2 aromatic carbocycles. The van der Waals surface area contributed by atoms with E-state index in [-0.39, 0.29) is 0 Å². The van der Waals surface area contributed by atoms with E-state index in [0.717, 1.165) is 22.5 Å². The van der Waals surface area contributed by atoms with Gasteiger partial charge < -0.3 is 19.4 Å². The lowest BCUT2D eigenvalue weighted by molar-refractivity contribution is 0.446. The maximum Gasteiger partial charge on any atom is 0.200 e. The van der Waals surface area contributed by atoms with Gasteiger partial charge in [0.15, 0.2) is 0 Å². The van der Waals surface area contributed by atoms with Gasteiger partial charge in [-0.25, -0.2) is 0 Å². The van der Waals surface area contributed by atoms with Crippen LogP contribution in [-0.4, -0.2) is 33.1 Å². The zero-order valence-corrected chi connectivity index (χ0v) is 14.7. The first-order valence-corrected chi connectivity index (χ1v) is 8.85. The van der Waals surface area contributed by atoms with Crippen molar-refractivity contribution in [1.82, 2.24) is 0 Å². The van der Waals surface area contributed by atoms with Gasteiger partial charge in [0, 0.05) is 62.8 Å². The Labute approximate surface area is 137 Å². The molecule has 1 N–H and O–H groups in total. The number of anilines is 2. The zero-order valence-electron chi connectivity index (χ0n) is 13.7. The molecule has 1 heterocycles. The highest BCUT2D eigenvalue weighted by Crippen LogP contribution is 2.54. The first-order chi connectivity index (χ1) is 10.9. The Balaban J connectivity index is 2.15. The van der Waals surface area contributed by atoms with Crippen LogP contribution in [0.2, 0.25) is 0 Å². The minimum absolute atomic E-state index is 0.522. The summed E-state index contributed by atoms with van der Waals surface area (Å²) in [5.41, 5.74) is 3.00. The van der Waals surface area contributed by atoms with E-state index in [1.165, 1.54) is 0 Å². The van der Waals surface area contributed by atoms with Crippen molar-refractivity contribution in [1.29, 1.82) is 0 Å². The molecule has 0 bridgehead atoms. The molecule has 122 valence electrons. The zero-order chi connectivity index (χ0) is 16.7. The summed E-state index contributed by atoms with van der Waals surface area (Å²) in [7, 11) is 5.03. The molecule has 2 aromatic rings. The highest BCUT2D eigenvalue weighted by Gasteiger charge is 2.31. The molecule has 0 spiro atoms. The van der Waals surface area contributed by atoms with Crippen LogP contribution in [0.3, 0.4) is 0 Å². The lowest BCUT2D eigenvalue weighted by Crippen LogP contribution is -2.13. The lowest BCUT2D eigenvalue weighted by atomic mass is 9.98. The van der Waals surface area contributed by atoms with Crippen LogP contribution in [0.25, 0.3) is 0 Å². The van der Waals surface area contributed by atoms with E-state index in [0.29, 0.717) is 11.5 Å². The van der Waals surface area contributed by atoms with Crippen molar-refractivity contribution < 1.29 is 14.2 Å². The van der Waals surface area contributed by atoms with Crippen molar-refractivity contribution in [3.05, 3.63) is 47.5 Å². The Kier molecular flexibility index (Phi) is 4.09. The standard InChI is InChI=1S/C17H21N2O3P/c1-18(2)11-5-7-13-15(9-11)22-16-10-12(19(3)4)6-8-14(16)17(13)23(20)21/h5-10,17,23H,1-4H3,(H,20,21). The number of benzene rings is 2. The average Bonchev–Trinajstić information content (AvgIpc) is 2.50. The van der Waals surface area contributed by atoms with Gasteiger partial charge in [0.1, 0.15) is 11.5 Å². The highest BCUT2D eigenvalue weighted by atomic mass is 31.1. The predicted octanol–water partition coefficient (Wildman–Crippen LogP) is 3.48. The van der Waals surface area contributed by atoms with Gasteiger partial charge in [0.25, 0.3) is 0 Å². The van der Waals surface area contributed by atoms with Crippen LogP contribution < -0.4 is 14.5 Å².